The van der Waals surface area contributed by atoms with Crippen LogP contribution in [-0.2, 0) is 4.79 Å². The fourth-order valence-corrected chi connectivity index (χ4v) is 2.83. The SMILES string of the molecule is CC(=O)NCC1CCN(c2ccc(C=O)cc2Cl)CC1. The third-order valence-corrected chi connectivity index (χ3v) is 4.01. The molecular formula is C15H19ClN2O2. The van der Waals surface area contributed by atoms with Gasteiger partial charge in [-0.25, -0.2) is 0 Å². The molecule has 0 aliphatic carbocycles. The molecule has 0 bridgehead atoms. The molecule has 4 nitrogen and oxygen atoms in total. The molecule has 1 amide bonds. The van der Waals surface area contributed by atoms with E-state index >= 15 is 0 Å². The van der Waals surface area contributed by atoms with Crippen LogP contribution in [0.25, 0.3) is 0 Å². The number of piperidine rings is 1. The molecule has 1 aromatic carbocycles. The zero-order valence-corrected chi connectivity index (χ0v) is 12.3. The minimum atomic E-state index is 0.0277. The van der Waals surface area contributed by atoms with Gasteiger partial charge in [0.2, 0.25) is 5.91 Å². The van der Waals surface area contributed by atoms with Gasteiger partial charge in [0.1, 0.15) is 6.29 Å². The molecule has 0 unspecified atom stereocenters. The van der Waals surface area contributed by atoms with Crippen LogP contribution in [0.5, 0.6) is 0 Å². The summed E-state index contributed by atoms with van der Waals surface area (Å²) in [7, 11) is 0. The van der Waals surface area contributed by atoms with E-state index in [1.54, 1.807) is 19.1 Å². The molecule has 0 spiro atoms. The zero-order chi connectivity index (χ0) is 14.5. The molecule has 20 heavy (non-hydrogen) atoms. The van der Waals surface area contributed by atoms with E-state index in [0.717, 1.165) is 44.4 Å². The average Bonchev–Trinajstić information content (AvgIpc) is 2.45. The van der Waals surface area contributed by atoms with E-state index < -0.39 is 0 Å². The first-order valence-corrected chi connectivity index (χ1v) is 7.22. The second-order valence-electron chi connectivity index (χ2n) is 5.20. The number of carbonyl (C=O) groups is 2. The summed E-state index contributed by atoms with van der Waals surface area (Å²) in [6, 6.07) is 5.39. The number of hydrogen-bond acceptors (Lipinski definition) is 3. The van der Waals surface area contributed by atoms with Crippen LogP contribution in [0.4, 0.5) is 5.69 Å². The van der Waals surface area contributed by atoms with Crippen LogP contribution in [0.3, 0.4) is 0 Å². The van der Waals surface area contributed by atoms with Gasteiger partial charge in [-0.15, -0.1) is 0 Å². The molecule has 0 radical (unpaired) electrons. The summed E-state index contributed by atoms with van der Waals surface area (Å²) in [5, 5.41) is 3.49. The van der Waals surface area contributed by atoms with Gasteiger partial charge >= 0.3 is 0 Å². The fraction of sp³-hybridized carbons (Fsp3) is 0.467. The summed E-state index contributed by atoms with van der Waals surface area (Å²) < 4.78 is 0. The Kier molecular flexibility index (Phi) is 5.01. The number of hydrogen-bond donors (Lipinski definition) is 1. The predicted molar refractivity (Wildman–Crippen MR) is 80.5 cm³/mol. The van der Waals surface area contributed by atoms with Crippen molar-refractivity contribution in [2.24, 2.45) is 5.92 Å². The largest absolute Gasteiger partial charge is 0.370 e. The minimum Gasteiger partial charge on any atom is -0.370 e. The molecule has 1 fully saturated rings. The maximum absolute atomic E-state index is 10.9. The molecule has 5 heteroatoms. The number of nitrogens with one attached hydrogen (secondary N) is 1. The molecule has 2 rings (SSSR count). The Morgan fingerprint density at radius 3 is 2.70 bits per heavy atom. The first kappa shape index (κ1) is 14.9. The van der Waals surface area contributed by atoms with E-state index in [1.165, 1.54) is 0 Å². The summed E-state index contributed by atoms with van der Waals surface area (Å²) in [4.78, 5) is 23.9. The number of aldehydes is 1. The highest BCUT2D eigenvalue weighted by Crippen LogP contribution is 2.30. The number of nitrogens with zero attached hydrogens (tertiary/aromatic N) is 1. The highest BCUT2D eigenvalue weighted by molar-refractivity contribution is 6.33. The van der Waals surface area contributed by atoms with Crippen LogP contribution in [0, 0.1) is 5.92 Å². The van der Waals surface area contributed by atoms with Crippen LogP contribution in [-0.4, -0.2) is 31.8 Å². The van der Waals surface area contributed by atoms with Crippen molar-refractivity contribution in [1.29, 1.82) is 0 Å². The Labute approximate surface area is 124 Å². The van der Waals surface area contributed by atoms with Crippen LogP contribution in [0.2, 0.25) is 5.02 Å². The van der Waals surface area contributed by atoms with Crippen molar-refractivity contribution < 1.29 is 9.59 Å². The number of anilines is 1. The first-order chi connectivity index (χ1) is 9.60. The highest BCUT2D eigenvalue weighted by atomic mass is 35.5. The summed E-state index contributed by atoms with van der Waals surface area (Å²) >= 11 is 6.22. The number of amides is 1. The van der Waals surface area contributed by atoms with Gasteiger partial charge in [-0.2, -0.15) is 0 Å². The number of halogens is 1. The van der Waals surface area contributed by atoms with Crippen molar-refractivity contribution >= 4 is 29.5 Å². The monoisotopic (exact) mass is 294 g/mol. The maximum Gasteiger partial charge on any atom is 0.216 e. The van der Waals surface area contributed by atoms with Crippen LogP contribution < -0.4 is 10.2 Å². The Morgan fingerprint density at radius 2 is 2.15 bits per heavy atom. The molecule has 0 aromatic heterocycles. The van der Waals surface area contributed by atoms with Crippen molar-refractivity contribution in [3.05, 3.63) is 28.8 Å². The van der Waals surface area contributed by atoms with Crippen LogP contribution in [0.15, 0.2) is 18.2 Å². The van der Waals surface area contributed by atoms with Gasteiger partial charge < -0.3 is 10.2 Å². The van der Waals surface area contributed by atoms with E-state index in [1.807, 2.05) is 6.07 Å². The molecule has 1 N–H and O–H groups in total. The predicted octanol–water partition coefficient (Wildman–Crippen LogP) is 2.51. The normalized spacial score (nSPS) is 16.0. The van der Waals surface area contributed by atoms with Gasteiger partial charge in [-0.1, -0.05) is 11.6 Å². The van der Waals surface area contributed by atoms with E-state index in [4.69, 9.17) is 11.6 Å². The van der Waals surface area contributed by atoms with E-state index in [2.05, 4.69) is 10.2 Å². The standard InChI is InChI=1S/C15H19ClN2O2/c1-11(20)17-9-12-4-6-18(7-5-12)15-3-2-13(10-19)8-14(15)16/h2-3,8,10,12H,4-7,9H2,1H3,(H,17,20). The zero-order valence-electron chi connectivity index (χ0n) is 11.6. The lowest BCUT2D eigenvalue weighted by molar-refractivity contribution is -0.119. The Hall–Kier alpha value is -1.55. The smallest absolute Gasteiger partial charge is 0.216 e. The molecule has 1 heterocycles. The van der Waals surface area contributed by atoms with Gasteiger partial charge in [0, 0.05) is 32.1 Å². The van der Waals surface area contributed by atoms with Gasteiger partial charge in [0.05, 0.1) is 10.7 Å². The Balaban J connectivity index is 1.93. The van der Waals surface area contributed by atoms with Gasteiger partial charge in [-0.3, -0.25) is 9.59 Å². The summed E-state index contributed by atoms with van der Waals surface area (Å²) in [6.45, 7) is 4.14. The maximum atomic E-state index is 10.9. The molecule has 0 saturated carbocycles. The summed E-state index contributed by atoms with van der Waals surface area (Å²) in [6.07, 6.45) is 2.87. The first-order valence-electron chi connectivity index (χ1n) is 6.84. The third-order valence-electron chi connectivity index (χ3n) is 3.70. The van der Waals surface area contributed by atoms with Gasteiger partial charge in [0.15, 0.2) is 0 Å². The number of benzene rings is 1. The molecular weight excluding hydrogens is 276 g/mol. The second kappa shape index (κ2) is 6.75. The number of carbonyl (C=O) groups excluding carboxylic acids is 2. The fourth-order valence-electron chi connectivity index (χ4n) is 2.52. The minimum absolute atomic E-state index is 0.0277. The molecule has 108 valence electrons. The van der Waals surface area contributed by atoms with Gasteiger partial charge in [0.25, 0.3) is 0 Å². The van der Waals surface area contributed by atoms with Crippen molar-refractivity contribution in [3.63, 3.8) is 0 Å². The van der Waals surface area contributed by atoms with Crippen LogP contribution >= 0.6 is 11.6 Å². The van der Waals surface area contributed by atoms with Crippen molar-refractivity contribution in [2.75, 3.05) is 24.5 Å². The quantitative estimate of drug-likeness (QED) is 0.868. The summed E-state index contributed by atoms with van der Waals surface area (Å²) in [5.41, 5.74) is 1.58. The molecule has 1 aliphatic rings. The van der Waals surface area contributed by atoms with Crippen molar-refractivity contribution in [2.45, 2.75) is 19.8 Å². The van der Waals surface area contributed by atoms with Crippen molar-refractivity contribution in [3.8, 4) is 0 Å². The lowest BCUT2D eigenvalue weighted by atomic mass is 9.96. The third kappa shape index (κ3) is 3.73. The molecule has 1 aromatic rings. The summed E-state index contributed by atoms with van der Waals surface area (Å²) in [5.74, 6) is 0.558. The highest BCUT2D eigenvalue weighted by Gasteiger charge is 2.21. The molecule has 1 aliphatic heterocycles. The second-order valence-corrected chi connectivity index (χ2v) is 5.60. The van der Waals surface area contributed by atoms with Gasteiger partial charge in [-0.05, 0) is 37.0 Å². The molecule has 1 saturated heterocycles. The Morgan fingerprint density at radius 1 is 1.45 bits per heavy atom. The average molecular weight is 295 g/mol. The van der Waals surface area contributed by atoms with Crippen LogP contribution in [0.1, 0.15) is 30.1 Å². The molecule has 0 atom stereocenters. The lowest BCUT2D eigenvalue weighted by Crippen LogP contribution is -2.38. The number of rotatable bonds is 4. The Bertz CT molecular complexity index is 497. The van der Waals surface area contributed by atoms with E-state index in [-0.39, 0.29) is 5.91 Å². The topological polar surface area (TPSA) is 49.4 Å². The van der Waals surface area contributed by atoms with E-state index in [0.29, 0.717) is 16.5 Å². The van der Waals surface area contributed by atoms with E-state index in [9.17, 15) is 9.59 Å². The lowest BCUT2D eigenvalue weighted by Gasteiger charge is -2.34. The van der Waals surface area contributed by atoms with Crippen molar-refractivity contribution in [1.82, 2.24) is 5.32 Å².